The number of carbonyl (C=O) groups excluding carboxylic acids is 2. The fraction of sp³-hybridized carbons (Fsp3) is 0.440. The molecule has 1 aliphatic rings. The lowest BCUT2D eigenvalue weighted by atomic mass is 9.97. The molecule has 5 heteroatoms. The molecule has 1 fully saturated rings. The summed E-state index contributed by atoms with van der Waals surface area (Å²) in [6, 6.07) is 13.7. The van der Waals surface area contributed by atoms with Crippen LogP contribution in [0.25, 0.3) is 0 Å². The number of nitrogens with one attached hydrogen (secondary N) is 2. The molecule has 0 spiro atoms. The van der Waals surface area contributed by atoms with Crippen molar-refractivity contribution in [3.05, 3.63) is 59.2 Å². The summed E-state index contributed by atoms with van der Waals surface area (Å²) in [7, 11) is 0. The quantitative estimate of drug-likeness (QED) is 0.570. The minimum Gasteiger partial charge on any atom is -0.353 e. The SMILES string of the molecule is Cc1ccc(NC(=O)c2ccccc2SCC(=O)NC2CCCCCCC2)c(C)c1. The fourth-order valence-electron chi connectivity index (χ4n) is 3.94. The average molecular weight is 425 g/mol. The molecule has 160 valence electrons. The molecular weight excluding hydrogens is 392 g/mol. The molecule has 2 aromatic rings. The molecular formula is C25H32N2O2S. The van der Waals surface area contributed by atoms with Crippen LogP contribution in [-0.4, -0.2) is 23.6 Å². The second-order valence-electron chi connectivity index (χ2n) is 8.17. The summed E-state index contributed by atoms with van der Waals surface area (Å²) in [6.07, 6.45) is 8.39. The average Bonchev–Trinajstić information content (AvgIpc) is 2.70. The monoisotopic (exact) mass is 424 g/mol. The highest BCUT2D eigenvalue weighted by Crippen LogP contribution is 2.25. The van der Waals surface area contributed by atoms with E-state index in [1.54, 1.807) is 0 Å². The van der Waals surface area contributed by atoms with Gasteiger partial charge in [0.15, 0.2) is 0 Å². The highest BCUT2D eigenvalue weighted by Gasteiger charge is 2.16. The molecule has 0 radical (unpaired) electrons. The van der Waals surface area contributed by atoms with Crippen molar-refractivity contribution in [3.63, 3.8) is 0 Å². The zero-order chi connectivity index (χ0) is 21.3. The Labute approximate surface area is 184 Å². The summed E-state index contributed by atoms with van der Waals surface area (Å²) < 4.78 is 0. The molecule has 0 atom stereocenters. The van der Waals surface area contributed by atoms with Crippen LogP contribution < -0.4 is 10.6 Å². The first-order chi connectivity index (χ1) is 14.5. The number of thioether (sulfide) groups is 1. The van der Waals surface area contributed by atoms with Crippen molar-refractivity contribution < 1.29 is 9.59 Å². The summed E-state index contributed by atoms with van der Waals surface area (Å²) in [5.41, 5.74) is 3.61. The third-order valence-electron chi connectivity index (χ3n) is 5.59. The van der Waals surface area contributed by atoms with Gasteiger partial charge in [0.25, 0.3) is 5.91 Å². The van der Waals surface area contributed by atoms with Crippen LogP contribution >= 0.6 is 11.8 Å². The van der Waals surface area contributed by atoms with Gasteiger partial charge in [-0.15, -0.1) is 11.8 Å². The normalized spacial score (nSPS) is 15.1. The maximum absolute atomic E-state index is 12.9. The van der Waals surface area contributed by atoms with E-state index in [4.69, 9.17) is 0 Å². The van der Waals surface area contributed by atoms with Crippen molar-refractivity contribution in [2.75, 3.05) is 11.1 Å². The van der Waals surface area contributed by atoms with E-state index in [9.17, 15) is 9.59 Å². The predicted octanol–water partition coefficient (Wildman–Crippen LogP) is 5.88. The number of amides is 2. The lowest BCUT2D eigenvalue weighted by molar-refractivity contribution is -0.119. The first-order valence-electron chi connectivity index (χ1n) is 10.9. The molecule has 0 aromatic heterocycles. The Morgan fingerprint density at radius 3 is 2.40 bits per heavy atom. The van der Waals surface area contributed by atoms with Crippen LogP contribution in [0.15, 0.2) is 47.4 Å². The molecule has 2 N–H and O–H groups in total. The van der Waals surface area contributed by atoms with Gasteiger partial charge in [-0.05, 0) is 50.5 Å². The fourth-order valence-corrected chi connectivity index (χ4v) is 4.80. The highest BCUT2D eigenvalue weighted by molar-refractivity contribution is 8.00. The van der Waals surface area contributed by atoms with Crippen LogP contribution in [-0.2, 0) is 4.79 Å². The van der Waals surface area contributed by atoms with Crippen LogP contribution in [0.4, 0.5) is 5.69 Å². The number of anilines is 1. The van der Waals surface area contributed by atoms with Crippen LogP contribution in [0.2, 0.25) is 0 Å². The third-order valence-corrected chi connectivity index (χ3v) is 6.66. The largest absolute Gasteiger partial charge is 0.353 e. The predicted molar refractivity (Wildman–Crippen MR) is 125 cm³/mol. The number of hydrogen-bond acceptors (Lipinski definition) is 3. The van der Waals surface area contributed by atoms with E-state index in [-0.39, 0.29) is 11.8 Å². The summed E-state index contributed by atoms with van der Waals surface area (Å²) >= 11 is 1.43. The van der Waals surface area contributed by atoms with Crippen molar-refractivity contribution in [1.82, 2.24) is 5.32 Å². The van der Waals surface area contributed by atoms with Gasteiger partial charge in [-0.25, -0.2) is 0 Å². The van der Waals surface area contributed by atoms with E-state index in [0.29, 0.717) is 17.4 Å². The van der Waals surface area contributed by atoms with Crippen molar-refractivity contribution in [2.24, 2.45) is 0 Å². The van der Waals surface area contributed by atoms with Crippen molar-refractivity contribution in [1.29, 1.82) is 0 Å². The Kier molecular flexibility index (Phi) is 8.38. The van der Waals surface area contributed by atoms with Gasteiger partial charge in [0.2, 0.25) is 5.91 Å². The molecule has 0 heterocycles. The molecule has 3 rings (SSSR count). The molecule has 0 aliphatic heterocycles. The van der Waals surface area contributed by atoms with Crippen molar-refractivity contribution >= 4 is 29.3 Å². The molecule has 2 aromatic carbocycles. The van der Waals surface area contributed by atoms with Gasteiger partial charge >= 0.3 is 0 Å². The van der Waals surface area contributed by atoms with Gasteiger partial charge in [-0.3, -0.25) is 9.59 Å². The first kappa shape index (κ1) is 22.4. The molecule has 0 saturated heterocycles. The van der Waals surface area contributed by atoms with E-state index in [1.165, 1.54) is 43.9 Å². The van der Waals surface area contributed by atoms with E-state index < -0.39 is 0 Å². The van der Waals surface area contributed by atoms with Gasteiger partial charge in [0.05, 0.1) is 11.3 Å². The summed E-state index contributed by atoms with van der Waals surface area (Å²) in [5, 5.41) is 6.21. The Bertz CT molecular complexity index is 873. The standard InChI is InChI=1S/C25H32N2O2S/c1-18-14-15-22(19(2)16-18)27-25(29)21-12-8-9-13-23(21)30-17-24(28)26-20-10-6-4-3-5-7-11-20/h8-9,12-16,20H,3-7,10-11,17H2,1-2H3,(H,26,28)(H,27,29). The second kappa shape index (κ2) is 11.2. The van der Waals surface area contributed by atoms with Gasteiger partial charge < -0.3 is 10.6 Å². The summed E-state index contributed by atoms with van der Waals surface area (Å²) in [4.78, 5) is 26.2. The Balaban J connectivity index is 1.59. The number of benzene rings is 2. The number of aryl methyl sites for hydroxylation is 2. The second-order valence-corrected chi connectivity index (χ2v) is 9.18. The van der Waals surface area contributed by atoms with Gasteiger partial charge in [-0.1, -0.05) is 61.9 Å². The van der Waals surface area contributed by atoms with E-state index in [0.717, 1.165) is 34.6 Å². The molecule has 2 amide bonds. The molecule has 0 unspecified atom stereocenters. The zero-order valence-electron chi connectivity index (χ0n) is 18.0. The minimum atomic E-state index is -0.148. The number of carbonyl (C=O) groups is 2. The van der Waals surface area contributed by atoms with Crippen LogP contribution in [0.3, 0.4) is 0 Å². The van der Waals surface area contributed by atoms with Crippen LogP contribution in [0.1, 0.15) is 66.4 Å². The smallest absolute Gasteiger partial charge is 0.256 e. The van der Waals surface area contributed by atoms with Gasteiger partial charge in [0.1, 0.15) is 0 Å². The van der Waals surface area contributed by atoms with Crippen LogP contribution in [0.5, 0.6) is 0 Å². The molecule has 0 bridgehead atoms. The Hall–Kier alpha value is -2.27. The zero-order valence-corrected chi connectivity index (χ0v) is 18.8. The van der Waals surface area contributed by atoms with Crippen molar-refractivity contribution in [2.45, 2.75) is 69.7 Å². The lowest BCUT2D eigenvalue weighted by Crippen LogP contribution is -2.36. The highest BCUT2D eigenvalue weighted by atomic mass is 32.2. The van der Waals surface area contributed by atoms with Gasteiger partial charge in [0, 0.05) is 16.6 Å². The number of rotatable bonds is 6. The van der Waals surface area contributed by atoms with E-state index >= 15 is 0 Å². The van der Waals surface area contributed by atoms with Crippen molar-refractivity contribution in [3.8, 4) is 0 Å². The Morgan fingerprint density at radius 2 is 1.67 bits per heavy atom. The topological polar surface area (TPSA) is 58.2 Å². The molecule has 1 saturated carbocycles. The molecule has 1 aliphatic carbocycles. The van der Waals surface area contributed by atoms with E-state index in [1.807, 2.05) is 50.2 Å². The minimum absolute atomic E-state index is 0.0511. The number of hydrogen-bond donors (Lipinski definition) is 2. The summed E-state index contributed by atoms with van der Waals surface area (Å²) in [6.45, 7) is 4.02. The van der Waals surface area contributed by atoms with Gasteiger partial charge in [-0.2, -0.15) is 0 Å². The Morgan fingerprint density at radius 1 is 0.967 bits per heavy atom. The first-order valence-corrected chi connectivity index (χ1v) is 11.9. The molecule has 30 heavy (non-hydrogen) atoms. The van der Waals surface area contributed by atoms with E-state index in [2.05, 4.69) is 16.7 Å². The maximum Gasteiger partial charge on any atom is 0.256 e. The maximum atomic E-state index is 12.9. The lowest BCUT2D eigenvalue weighted by Gasteiger charge is -2.21. The summed E-state index contributed by atoms with van der Waals surface area (Å²) in [5.74, 6) is 0.227. The molecule has 4 nitrogen and oxygen atoms in total. The third kappa shape index (κ3) is 6.63. The van der Waals surface area contributed by atoms with Crippen LogP contribution in [0, 0.1) is 13.8 Å².